The summed E-state index contributed by atoms with van der Waals surface area (Å²) in [5.74, 6) is -0.298. The number of rotatable bonds is 2. The number of carbonyl (C=O) groups is 1. The third-order valence-electron chi connectivity index (χ3n) is 3.14. The van der Waals surface area contributed by atoms with Crippen LogP contribution in [0.2, 0.25) is 0 Å². The molecular weight excluding hydrogens is 325 g/mol. The average Bonchev–Trinajstić information content (AvgIpc) is 2.52. The molecule has 0 saturated carbocycles. The number of hydrogen-bond donors (Lipinski definition) is 2. The monoisotopic (exact) mass is 336 g/mol. The Labute approximate surface area is 134 Å². The molecule has 0 unspecified atom stereocenters. The van der Waals surface area contributed by atoms with Crippen molar-refractivity contribution in [3.8, 4) is 0 Å². The van der Waals surface area contributed by atoms with Crippen molar-refractivity contribution in [3.05, 3.63) is 65.2 Å². The molecule has 7 heteroatoms. The Kier molecular flexibility index (Phi) is 4.04. The maximum atomic E-state index is 12.7. The summed E-state index contributed by atoms with van der Waals surface area (Å²) in [6.45, 7) is 0. The van der Waals surface area contributed by atoms with Crippen molar-refractivity contribution in [3.63, 3.8) is 0 Å². The number of benzene rings is 2. The van der Waals surface area contributed by atoms with Gasteiger partial charge in [0.2, 0.25) is 0 Å². The van der Waals surface area contributed by atoms with E-state index in [-0.39, 0.29) is 11.6 Å². The lowest BCUT2D eigenvalue weighted by Crippen LogP contribution is -2.18. The maximum Gasteiger partial charge on any atom is 0.416 e. The normalized spacial score (nSPS) is 16.0. The Morgan fingerprint density at radius 2 is 1.87 bits per heavy atom. The molecule has 0 fully saturated rings. The first-order chi connectivity index (χ1) is 10.9. The highest BCUT2D eigenvalue weighted by atomic mass is 32.2. The number of anilines is 2. The van der Waals surface area contributed by atoms with Crippen molar-refractivity contribution in [2.75, 3.05) is 10.6 Å². The van der Waals surface area contributed by atoms with Crippen molar-refractivity contribution in [2.45, 2.75) is 11.1 Å². The molecule has 2 aromatic carbocycles. The molecule has 3 rings (SSSR count). The van der Waals surface area contributed by atoms with Crippen LogP contribution in [-0.2, 0) is 11.0 Å². The fourth-order valence-corrected chi connectivity index (χ4v) is 2.91. The summed E-state index contributed by atoms with van der Waals surface area (Å²) in [6.07, 6.45) is -2.99. The molecule has 1 aliphatic rings. The molecule has 118 valence electrons. The van der Waals surface area contributed by atoms with Gasteiger partial charge in [0.1, 0.15) is 0 Å². The third-order valence-corrected chi connectivity index (χ3v) is 4.24. The van der Waals surface area contributed by atoms with Gasteiger partial charge in [-0.1, -0.05) is 30.0 Å². The molecule has 1 amide bonds. The van der Waals surface area contributed by atoms with E-state index in [9.17, 15) is 18.0 Å². The van der Waals surface area contributed by atoms with E-state index >= 15 is 0 Å². The summed E-state index contributed by atoms with van der Waals surface area (Å²) in [5, 5.41) is 5.48. The lowest BCUT2D eigenvalue weighted by Gasteiger charge is -2.18. The van der Waals surface area contributed by atoms with Crippen LogP contribution in [0.5, 0.6) is 0 Å². The Morgan fingerprint density at radius 3 is 2.65 bits per heavy atom. The minimum absolute atomic E-state index is 0.264. The minimum atomic E-state index is -4.40. The molecule has 0 saturated heterocycles. The second-order valence-electron chi connectivity index (χ2n) is 4.78. The van der Waals surface area contributed by atoms with E-state index in [1.54, 1.807) is 6.07 Å². The van der Waals surface area contributed by atoms with Gasteiger partial charge in [0, 0.05) is 16.8 Å². The van der Waals surface area contributed by atoms with E-state index in [0.29, 0.717) is 4.91 Å². The number of carbonyl (C=O) groups excluding carboxylic acids is 1. The molecule has 0 radical (unpaired) electrons. The summed E-state index contributed by atoms with van der Waals surface area (Å²) in [7, 11) is 0. The van der Waals surface area contributed by atoms with Crippen LogP contribution in [0.25, 0.3) is 0 Å². The highest BCUT2D eigenvalue weighted by Gasteiger charge is 2.30. The Balaban J connectivity index is 1.80. The molecule has 2 aromatic rings. The van der Waals surface area contributed by atoms with Crippen LogP contribution in [0, 0.1) is 0 Å². The van der Waals surface area contributed by atoms with Crippen molar-refractivity contribution in [1.82, 2.24) is 0 Å². The molecule has 3 nitrogen and oxygen atoms in total. The largest absolute Gasteiger partial charge is 0.416 e. The van der Waals surface area contributed by atoms with Gasteiger partial charge in [0.05, 0.1) is 16.2 Å². The van der Waals surface area contributed by atoms with Gasteiger partial charge in [0.15, 0.2) is 0 Å². The standard InChI is InChI=1S/C16H11F3N2OS/c17-16(18,19)10-4-3-5-11(8-10)20-9-14-15(22)21-12-6-1-2-7-13(12)23-14/h1-9,20H,(H,21,22)/b14-9+. The van der Waals surface area contributed by atoms with Gasteiger partial charge < -0.3 is 10.6 Å². The Morgan fingerprint density at radius 1 is 1.09 bits per heavy atom. The average molecular weight is 336 g/mol. The van der Waals surface area contributed by atoms with Gasteiger partial charge in [-0.3, -0.25) is 4.79 Å². The number of fused-ring (bicyclic) bond motifs is 1. The Bertz CT molecular complexity index is 787. The fourth-order valence-electron chi connectivity index (χ4n) is 2.04. The van der Waals surface area contributed by atoms with Crippen molar-refractivity contribution in [2.24, 2.45) is 0 Å². The predicted octanol–water partition coefficient (Wildman–Crippen LogP) is 4.70. The van der Waals surface area contributed by atoms with E-state index in [4.69, 9.17) is 0 Å². The fraction of sp³-hybridized carbons (Fsp3) is 0.0625. The van der Waals surface area contributed by atoms with Crippen LogP contribution in [0.15, 0.2) is 64.5 Å². The molecule has 0 bridgehead atoms. The van der Waals surface area contributed by atoms with Crippen molar-refractivity contribution >= 4 is 29.0 Å². The minimum Gasteiger partial charge on any atom is -0.360 e. The first-order valence-electron chi connectivity index (χ1n) is 6.66. The highest BCUT2D eigenvalue weighted by molar-refractivity contribution is 8.04. The lowest BCUT2D eigenvalue weighted by molar-refractivity contribution is -0.137. The van der Waals surface area contributed by atoms with E-state index < -0.39 is 11.7 Å². The van der Waals surface area contributed by atoms with E-state index in [1.807, 2.05) is 18.2 Å². The van der Waals surface area contributed by atoms with Crippen LogP contribution in [0.1, 0.15) is 5.56 Å². The van der Waals surface area contributed by atoms with Crippen molar-refractivity contribution in [1.29, 1.82) is 0 Å². The van der Waals surface area contributed by atoms with Gasteiger partial charge in [-0.05, 0) is 30.3 Å². The molecule has 0 aromatic heterocycles. The maximum absolute atomic E-state index is 12.7. The smallest absolute Gasteiger partial charge is 0.360 e. The molecule has 0 atom stereocenters. The summed E-state index contributed by atoms with van der Waals surface area (Å²) < 4.78 is 38.0. The number of halogens is 3. The zero-order valence-electron chi connectivity index (χ0n) is 11.6. The van der Waals surface area contributed by atoms with Gasteiger partial charge >= 0.3 is 6.18 Å². The second kappa shape index (κ2) is 6.00. The number of amides is 1. The first kappa shape index (κ1) is 15.5. The molecule has 0 spiro atoms. The highest BCUT2D eigenvalue weighted by Crippen LogP contribution is 2.37. The molecular formula is C16H11F3N2OS. The van der Waals surface area contributed by atoms with E-state index in [2.05, 4.69) is 10.6 Å². The van der Waals surface area contributed by atoms with Crippen LogP contribution in [0.3, 0.4) is 0 Å². The zero-order valence-corrected chi connectivity index (χ0v) is 12.5. The number of hydrogen-bond acceptors (Lipinski definition) is 3. The first-order valence-corrected chi connectivity index (χ1v) is 7.47. The topological polar surface area (TPSA) is 41.1 Å². The number of thioether (sulfide) groups is 1. The van der Waals surface area contributed by atoms with E-state index in [1.165, 1.54) is 30.1 Å². The van der Waals surface area contributed by atoms with Crippen LogP contribution in [-0.4, -0.2) is 5.91 Å². The quantitative estimate of drug-likeness (QED) is 0.781. The number of nitrogens with one attached hydrogen (secondary N) is 2. The molecule has 1 aliphatic heterocycles. The van der Waals surface area contributed by atoms with Gasteiger partial charge in [-0.2, -0.15) is 13.2 Å². The predicted molar refractivity (Wildman–Crippen MR) is 84.1 cm³/mol. The zero-order chi connectivity index (χ0) is 16.4. The summed E-state index contributed by atoms with van der Waals surface area (Å²) in [6, 6.07) is 12.1. The second-order valence-corrected chi connectivity index (χ2v) is 5.87. The molecule has 0 aliphatic carbocycles. The SMILES string of the molecule is O=C1Nc2ccccc2S/C1=C/Nc1cccc(C(F)(F)F)c1. The van der Waals surface area contributed by atoms with Crippen LogP contribution < -0.4 is 10.6 Å². The number of alkyl halides is 3. The van der Waals surface area contributed by atoms with E-state index in [0.717, 1.165) is 22.7 Å². The van der Waals surface area contributed by atoms with Crippen LogP contribution in [0.4, 0.5) is 24.5 Å². The van der Waals surface area contributed by atoms with Crippen LogP contribution >= 0.6 is 11.8 Å². The lowest BCUT2D eigenvalue weighted by atomic mass is 10.2. The summed E-state index contributed by atoms with van der Waals surface area (Å²) in [5.41, 5.74) is 0.241. The van der Waals surface area contributed by atoms with Gasteiger partial charge in [0.25, 0.3) is 5.91 Å². The summed E-state index contributed by atoms with van der Waals surface area (Å²) >= 11 is 1.26. The molecule has 2 N–H and O–H groups in total. The Hall–Kier alpha value is -2.41. The number of para-hydroxylation sites is 1. The third kappa shape index (κ3) is 3.50. The van der Waals surface area contributed by atoms with Crippen molar-refractivity contribution < 1.29 is 18.0 Å². The summed E-state index contributed by atoms with van der Waals surface area (Å²) in [4.78, 5) is 13.2. The molecule has 23 heavy (non-hydrogen) atoms. The van der Waals surface area contributed by atoms with Gasteiger partial charge in [-0.15, -0.1) is 0 Å². The molecule has 1 heterocycles. The van der Waals surface area contributed by atoms with Gasteiger partial charge in [-0.25, -0.2) is 0 Å².